The van der Waals surface area contributed by atoms with E-state index in [2.05, 4.69) is 12.2 Å². The molecule has 104 valence electrons. The van der Waals surface area contributed by atoms with Crippen LogP contribution in [0.3, 0.4) is 0 Å². The first kappa shape index (κ1) is 15.0. The van der Waals surface area contributed by atoms with Crippen molar-refractivity contribution in [2.24, 2.45) is 5.41 Å². The second kappa shape index (κ2) is 5.29. The van der Waals surface area contributed by atoms with Crippen molar-refractivity contribution in [1.29, 1.82) is 0 Å². The highest BCUT2D eigenvalue weighted by molar-refractivity contribution is 5.87. The van der Waals surface area contributed by atoms with Crippen LogP contribution in [0.5, 0.6) is 0 Å². The smallest absolute Gasteiger partial charge is 0.408 e. The maximum Gasteiger partial charge on any atom is 0.408 e. The fraction of sp³-hybridized carbons (Fsp3) is 0.857. The Morgan fingerprint density at radius 2 is 1.89 bits per heavy atom. The van der Waals surface area contributed by atoms with Gasteiger partial charge in [0.05, 0.1) is 6.04 Å². The highest BCUT2D eigenvalue weighted by atomic mass is 16.6. The molecule has 1 saturated carbocycles. The van der Waals surface area contributed by atoms with Crippen molar-refractivity contribution in [3.63, 3.8) is 0 Å². The van der Waals surface area contributed by atoms with E-state index in [0.29, 0.717) is 6.42 Å². The Kier molecular flexibility index (Phi) is 4.41. The highest BCUT2D eigenvalue weighted by Crippen LogP contribution is 2.43. The minimum absolute atomic E-state index is 0.0862. The van der Waals surface area contributed by atoms with Gasteiger partial charge in [-0.25, -0.2) is 4.79 Å². The van der Waals surface area contributed by atoms with Gasteiger partial charge in [0.15, 0.2) is 5.78 Å². The Bertz CT molecular complexity index is 326. The average Bonchev–Trinajstić information content (AvgIpc) is 2.11. The average molecular weight is 255 g/mol. The predicted molar refractivity (Wildman–Crippen MR) is 70.4 cm³/mol. The maximum absolute atomic E-state index is 12.0. The van der Waals surface area contributed by atoms with E-state index in [1.54, 1.807) is 27.7 Å². The number of hydrogen-bond donors (Lipinski definition) is 1. The molecule has 1 atom stereocenters. The van der Waals surface area contributed by atoms with Gasteiger partial charge in [0.25, 0.3) is 0 Å². The predicted octanol–water partition coefficient (Wildman–Crippen LogP) is 3.05. The fourth-order valence-electron chi connectivity index (χ4n) is 2.10. The SMILES string of the molecule is C[C@@H](NC(=O)OC(C)(C)C)C(=O)CC1(C)CCC1. The van der Waals surface area contributed by atoms with Crippen molar-refractivity contribution in [2.75, 3.05) is 0 Å². The molecule has 4 nitrogen and oxygen atoms in total. The van der Waals surface area contributed by atoms with Gasteiger partial charge >= 0.3 is 6.09 Å². The van der Waals surface area contributed by atoms with Gasteiger partial charge in [-0.1, -0.05) is 13.3 Å². The second-order valence-corrected chi connectivity index (χ2v) is 6.68. The maximum atomic E-state index is 12.0. The summed E-state index contributed by atoms with van der Waals surface area (Å²) in [5.41, 5.74) is -0.381. The summed E-state index contributed by atoms with van der Waals surface area (Å²) >= 11 is 0. The summed E-state index contributed by atoms with van der Waals surface area (Å²) in [6.07, 6.45) is 3.44. The molecule has 1 fully saturated rings. The zero-order valence-corrected chi connectivity index (χ0v) is 12.1. The largest absolute Gasteiger partial charge is 0.444 e. The van der Waals surface area contributed by atoms with Crippen molar-refractivity contribution < 1.29 is 14.3 Å². The van der Waals surface area contributed by atoms with Crippen LogP contribution in [0.15, 0.2) is 0 Å². The molecule has 18 heavy (non-hydrogen) atoms. The van der Waals surface area contributed by atoms with E-state index < -0.39 is 17.7 Å². The summed E-state index contributed by atoms with van der Waals surface area (Å²) in [4.78, 5) is 23.5. The van der Waals surface area contributed by atoms with Crippen LogP contribution in [0, 0.1) is 5.41 Å². The van der Waals surface area contributed by atoms with Crippen LogP contribution < -0.4 is 5.32 Å². The number of alkyl carbamates (subject to hydrolysis) is 1. The molecule has 1 rings (SSSR count). The molecule has 0 spiro atoms. The summed E-state index contributed by atoms with van der Waals surface area (Å²) in [6.45, 7) is 9.25. The molecule has 0 unspecified atom stereocenters. The van der Waals surface area contributed by atoms with Crippen LogP contribution in [0.4, 0.5) is 4.79 Å². The molecule has 1 aliphatic carbocycles. The number of carbonyl (C=O) groups is 2. The number of carbonyl (C=O) groups excluding carboxylic acids is 2. The number of ketones is 1. The molecule has 0 heterocycles. The molecule has 0 aliphatic heterocycles. The number of rotatable bonds is 4. The normalized spacial score (nSPS) is 19.6. The third-order valence-electron chi connectivity index (χ3n) is 3.38. The zero-order valence-electron chi connectivity index (χ0n) is 12.1. The van der Waals surface area contributed by atoms with Crippen LogP contribution in [-0.4, -0.2) is 23.5 Å². The molecule has 1 N–H and O–H groups in total. The summed E-state index contributed by atoms with van der Waals surface area (Å²) in [6, 6.07) is -0.475. The molecule has 0 aromatic carbocycles. The Morgan fingerprint density at radius 1 is 1.33 bits per heavy atom. The van der Waals surface area contributed by atoms with Crippen molar-refractivity contribution >= 4 is 11.9 Å². The molecule has 1 amide bonds. The van der Waals surface area contributed by atoms with E-state index >= 15 is 0 Å². The first-order valence-electron chi connectivity index (χ1n) is 6.64. The lowest BCUT2D eigenvalue weighted by Crippen LogP contribution is -2.43. The monoisotopic (exact) mass is 255 g/mol. The van der Waals surface area contributed by atoms with Crippen LogP contribution in [0.2, 0.25) is 0 Å². The Morgan fingerprint density at radius 3 is 2.28 bits per heavy atom. The second-order valence-electron chi connectivity index (χ2n) is 6.68. The molecule has 4 heteroatoms. The van der Waals surface area contributed by atoms with Gasteiger partial charge in [0.2, 0.25) is 0 Å². The van der Waals surface area contributed by atoms with E-state index in [-0.39, 0.29) is 11.2 Å². The van der Waals surface area contributed by atoms with Crippen molar-refractivity contribution in [1.82, 2.24) is 5.32 Å². The van der Waals surface area contributed by atoms with Gasteiger partial charge in [-0.15, -0.1) is 0 Å². The standard InChI is InChI=1S/C14H25NO3/c1-10(15-12(17)18-13(2,3)4)11(16)9-14(5)7-6-8-14/h10H,6-9H2,1-5H3,(H,15,17)/t10-/m1/s1. The number of Topliss-reactive ketones (excluding diaryl/α,β-unsaturated/α-hetero) is 1. The molecule has 1 aliphatic rings. The molecular formula is C14H25NO3. The molecule has 0 radical (unpaired) electrons. The van der Waals surface area contributed by atoms with Crippen LogP contribution in [0.25, 0.3) is 0 Å². The summed E-state index contributed by atoms with van der Waals surface area (Å²) in [5, 5.41) is 2.60. The molecule has 0 aromatic heterocycles. The summed E-state index contributed by atoms with van der Waals surface area (Å²) in [7, 11) is 0. The molecule has 0 bridgehead atoms. The summed E-state index contributed by atoms with van der Waals surface area (Å²) in [5.74, 6) is 0.0862. The molecular weight excluding hydrogens is 230 g/mol. The number of amides is 1. The van der Waals surface area contributed by atoms with E-state index in [1.165, 1.54) is 6.42 Å². The lowest BCUT2D eigenvalue weighted by atomic mass is 9.67. The Balaban J connectivity index is 2.37. The van der Waals surface area contributed by atoms with E-state index in [1.807, 2.05) is 0 Å². The number of nitrogens with one attached hydrogen (secondary N) is 1. The van der Waals surface area contributed by atoms with Crippen molar-refractivity contribution in [2.45, 2.75) is 71.9 Å². The Hall–Kier alpha value is -1.06. The number of hydrogen-bond acceptors (Lipinski definition) is 3. The van der Waals surface area contributed by atoms with Gasteiger partial charge < -0.3 is 10.1 Å². The topological polar surface area (TPSA) is 55.4 Å². The zero-order chi connectivity index (χ0) is 14.0. The molecule has 0 saturated heterocycles. The van der Waals surface area contributed by atoms with Crippen molar-refractivity contribution in [3.05, 3.63) is 0 Å². The van der Waals surface area contributed by atoms with E-state index in [4.69, 9.17) is 4.74 Å². The fourth-order valence-corrected chi connectivity index (χ4v) is 2.10. The molecule has 0 aromatic rings. The minimum Gasteiger partial charge on any atom is -0.444 e. The third-order valence-corrected chi connectivity index (χ3v) is 3.38. The van der Waals surface area contributed by atoms with Crippen LogP contribution >= 0.6 is 0 Å². The van der Waals surface area contributed by atoms with Gasteiger partial charge in [0.1, 0.15) is 5.60 Å². The van der Waals surface area contributed by atoms with Crippen molar-refractivity contribution in [3.8, 4) is 0 Å². The first-order valence-corrected chi connectivity index (χ1v) is 6.64. The highest BCUT2D eigenvalue weighted by Gasteiger charge is 2.35. The van der Waals surface area contributed by atoms with Gasteiger partial charge in [-0.3, -0.25) is 4.79 Å². The first-order chi connectivity index (χ1) is 8.11. The number of ether oxygens (including phenoxy) is 1. The van der Waals surface area contributed by atoms with E-state index in [9.17, 15) is 9.59 Å². The lowest BCUT2D eigenvalue weighted by Gasteiger charge is -2.38. The van der Waals surface area contributed by atoms with E-state index in [0.717, 1.165) is 12.8 Å². The summed E-state index contributed by atoms with van der Waals surface area (Å²) < 4.78 is 5.13. The third kappa shape index (κ3) is 4.67. The minimum atomic E-state index is -0.535. The van der Waals surface area contributed by atoms with Gasteiger partial charge in [-0.2, -0.15) is 0 Å². The van der Waals surface area contributed by atoms with Gasteiger partial charge in [-0.05, 0) is 46.0 Å². The lowest BCUT2D eigenvalue weighted by molar-refractivity contribution is -0.124. The van der Waals surface area contributed by atoms with Crippen LogP contribution in [-0.2, 0) is 9.53 Å². The quantitative estimate of drug-likeness (QED) is 0.840. The van der Waals surface area contributed by atoms with Crippen LogP contribution in [0.1, 0.15) is 60.3 Å². The van der Waals surface area contributed by atoms with Gasteiger partial charge in [0, 0.05) is 6.42 Å². The Labute approximate surface area is 109 Å².